The summed E-state index contributed by atoms with van der Waals surface area (Å²) in [5.74, 6) is 1.33. The second-order valence-electron chi connectivity index (χ2n) is 6.08. The average Bonchev–Trinajstić information content (AvgIpc) is 2.68. The number of nitrogens with one attached hydrogen (secondary N) is 1. The number of carbonyl (C=O) groups is 1. The smallest absolute Gasteiger partial charge is 0.356 e. The molecule has 7 heteroatoms. The summed E-state index contributed by atoms with van der Waals surface area (Å²) in [4.78, 5) is 19.3. The lowest BCUT2D eigenvalue weighted by Crippen LogP contribution is -2.20. The first-order chi connectivity index (χ1) is 13.0. The van der Waals surface area contributed by atoms with Gasteiger partial charge in [-0.3, -0.25) is 0 Å². The molecule has 0 aliphatic heterocycles. The Morgan fingerprint density at radius 1 is 1.00 bits per heavy atom. The molecule has 146 valence electrons. The molecule has 2 rings (SSSR count). The first-order valence-corrected chi connectivity index (χ1v) is 8.56. The molecule has 27 heavy (non-hydrogen) atoms. The third-order valence-corrected chi connectivity index (χ3v) is 3.79. The summed E-state index contributed by atoms with van der Waals surface area (Å²) >= 11 is 0. The topological polar surface area (TPSA) is 69.3 Å². The van der Waals surface area contributed by atoms with Gasteiger partial charge in [0.15, 0.2) is 11.5 Å². The van der Waals surface area contributed by atoms with Crippen molar-refractivity contribution in [2.24, 2.45) is 0 Å². The van der Waals surface area contributed by atoms with E-state index < -0.39 is 5.97 Å². The highest BCUT2D eigenvalue weighted by molar-refractivity contribution is 5.90. The summed E-state index contributed by atoms with van der Waals surface area (Å²) in [6, 6.07) is 12.5. The number of rotatable bonds is 10. The highest BCUT2D eigenvalue weighted by atomic mass is 16.7. The van der Waals surface area contributed by atoms with E-state index >= 15 is 0 Å². The van der Waals surface area contributed by atoms with Crippen LogP contribution in [0.1, 0.15) is 15.9 Å². The molecule has 2 aromatic rings. The van der Waals surface area contributed by atoms with Crippen LogP contribution in [-0.4, -0.2) is 52.3 Å². The van der Waals surface area contributed by atoms with Gasteiger partial charge in [-0.2, -0.15) is 0 Å². The van der Waals surface area contributed by atoms with Gasteiger partial charge in [-0.1, -0.05) is 12.1 Å². The number of methoxy groups -OCH3 is 2. The fraction of sp³-hybridized carbons (Fsp3) is 0.350. The second kappa shape index (κ2) is 10.4. The molecule has 0 aliphatic carbocycles. The van der Waals surface area contributed by atoms with Crippen molar-refractivity contribution in [2.45, 2.75) is 6.54 Å². The minimum Gasteiger partial charge on any atom is -0.493 e. The van der Waals surface area contributed by atoms with Gasteiger partial charge < -0.3 is 23.9 Å². The van der Waals surface area contributed by atoms with Crippen molar-refractivity contribution in [1.82, 2.24) is 10.4 Å². The van der Waals surface area contributed by atoms with Gasteiger partial charge in [0.25, 0.3) is 0 Å². The number of hydrogen-bond acceptors (Lipinski definition) is 7. The molecule has 0 saturated heterocycles. The summed E-state index contributed by atoms with van der Waals surface area (Å²) in [6.07, 6.45) is 0. The van der Waals surface area contributed by atoms with Crippen LogP contribution in [0.5, 0.6) is 17.2 Å². The van der Waals surface area contributed by atoms with Crippen LogP contribution in [0.3, 0.4) is 0 Å². The van der Waals surface area contributed by atoms with Crippen molar-refractivity contribution in [2.75, 3.05) is 41.5 Å². The van der Waals surface area contributed by atoms with Crippen LogP contribution in [0.4, 0.5) is 0 Å². The lowest BCUT2D eigenvalue weighted by atomic mass is 10.2. The van der Waals surface area contributed by atoms with Crippen molar-refractivity contribution in [3.05, 3.63) is 53.6 Å². The first-order valence-electron chi connectivity index (χ1n) is 8.56. The van der Waals surface area contributed by atoms with Gasteiger partial charge in [0, 0.05) is 6.54 Å². The number of nitrogens with zero attached hydrogens (tertiary/aromatic N) is 1. The van der Waals surface area contributed by atoms with Gasteiger partial charge in [-0.25, -0.2) is 4.79 Å². The van der Waals surface area contributed by atoms with Crippen molar-refractivity contribution in [3.63, 3.8) is 0 Å². The van der Waals surface area contributed by atoms with Crippen molar-refractivity contribution < 1.29 is 23.8 Å². The van der Waals surface area contributed by atoms with E-state index in [9.17, 15) is 4.79 Å². The van der Waals surface area contributed by atoms with Crippen molar-refractivity contribution in [1.29, 1.82) is 0 Å². The van der Waals surface area contributed by atoms with E-state index in [1.807, 2.05) is 38.4 Å². The zero-order valence-electron chi connectivity index (χ0n) is 16.2. The Bertz CT molecular complexity index is 732. The summed E-state index contributed by atoms with van der Waals surface area (Å²) in [6.45, 7) is 1.87. The van der Waals surface area contributed by atoms with Gasteiger partial charge in [-0.05, 0) is 50.0 Å². The van der Waals surface area contributed by atoms with E-state index in [2.05, 4.69) is 10.4 Å². The molecule has 0 unspecified atom stereocenters. The molecule has 0 aromatic heterocycles. The van der Waals surface area contributed by atoms with Crippen LogP contribution in [0.25, 0.3) is 0 Å². The van der Waals surface area contributed by atoms with E-state index in [4.69, 9.17) is 19.0 Å². The van der Waals surface area contributed by atoms with E-state index in [1.54, 1.807) is 18.2 Å². The van der Waals surface area contributed by atoms with Gasteiger partial charge in [-0.15, -0.1) is 5.48 Å². The molecule has 0 amide bonds. The molecular weight excluding hydrogens is 348 g/mol. The number of ether oxygens (including phenoxy) is 3. The minimum absolute atomic E-state index is 0.366. The summed E-state index contributed by atoms with van der Waals surface area (Å²) in [7, 11) is 7.05. The zero-order chi connectivity index (χ0) is 19.6. The highest BCUT2D eigenvalue weighted by Gasteiger charge is 2.12. The molecule has 0 fully saturated rings. The number of carbonyl (C=O) groups excluding carboxylic acids is 1. The molecule has 2 aromatic carbocycles. The third kappa shape index (κ3) is 6.47. The molecule has 0 atom stereocenters. The quantitative estimate of drug-likeness (QED) is 0.641. The van der Waals surface area contributed by atoms with Crippen LogP contribution in [-0.2, 0) is 11.4 Å². The fourth-order valence-electron chi connectivity index (χ4n) is 2.26. The fourth-order valence-corrected chi connectivity index (χ4v) is 2.26. The molecule has 1 N–H and O–H groups in total. The zero-order valence-corrected chi connectivity index (χ0v) is 16.2. The molecule has 0 heterocycles. The molecule has 0 bridgehead atoms. The third-order valence-electron chi connectivity index (χ3n) is 3.79. The normalized spacial score (nSPS) is 10.6. The van der Waals surface area contributed by atoms with Crippen LogP contribution >= 0.6 is 0 Å². The Hall–Kier alpha value is -2.77. The Kier molecular flexibility index (Phi) is 7.91. The van der Waals surface area contributed by atoms with Gasteiger partial charge >= 0.3 is 5.97 Å². The van der Waals surface area contributed by atoms with E-state index in [0.29, 0.717) is 30.2 Å². The van der Waals surface area contributed by atoms with E-state index in [-0.39, 0.29) is 0 Å². The average molecular weight is 374 g/mol. The molecule has 7 nitrogen and oxygen atoms in total. The van der Waals surface area contributed by atoms with Crippen molar-refractivity contribution >= 4 is 5.97 Å². The largest absolute Gasteiger partial charge is 0.493 e. The molecule has 0 spiro atoms. The maximum absolute atomic E-state index is 12.1. The summed E-state index contributed by atoms with van der Waals surface area (Å²) in [5, 5.41) is 0. The second-order valence-corrected chi connectivity index (χ2v) is 6.08. The van der Waals surface area contributed by atoms with Crippen LogP contribution in [0, 0.1) is 0 Å². The van der Waals surface area contributed by atoms with Gasteiger partial charge in [0.2, 0.25) is 0 Å². The minimum atomic E-state index is -0.500. The van der Waals surface area contributed by atoms with Crippen molar-refractivity contribution in [3.8, 4) is 17.2 Å². The predicted molar refractivity (Wildman–Crippen MR) is 102 cm³/mol. The number of hydroxylamine groups is 1. The van der Waals surface area contributed by atoms with Gasteiger partial charge in [0.05, 0.1) is 26.3 Å². The van der Waals surface area contributed by atoms with Crippen LogP contribution in [0.2, 0.25) is 0 Å². The van der Waals surface area contributed by atoms with E-state index in [1.165, 1.54) is 14.2 Å². The summed E-state index contributed by atoms with van der Waals surface area (Å²) < 4.78 is 16.0. The maximum Gasteiger partial charge on any atom is 0.356 e. The summed E-state index contributed by atoms with van der Waals surface area (Å²) in [5.41, 5.74) is 4.01. The SMILES string of the molecule is COc1ccc(C(=O)ONCc2ccc(OCCN(C)C)cc2)cc1OC. The Balaban J connectivity index is 1.81. The molecule has 0 aliphatic rings. The number of likely N-dealkylation sites (N-methyl/N-ethyl adjacent to an activating group) is 1. The Labute approximate surface area is 159 Å². The predicted octanol–water partition coefficient (Wildman–Crippen LogP) is 2.51. The standard InChI is InChI=1S/C20H26N2O5/c1-22(2)11-12-26-17-8-5-15(6-9-17)14-21-27-20(23)16-7-10-18(24-3)19(13-16)25-4/h5-10,13,21H,11-12,14H2,1-4H3. The number of hydrogen-bond donors (Lipinski definition) is 1. The first kappa shape index (κ1) is 20.5. The number of benzene rings is 2. The lowest BCUT2D eigenvalue weighted by molar-refractivity contribution is 0.0237. The van der Waals surface area contributed by atoms with Crippen LogP contribution in [0.15, 0.2) is 42.5 Å². The Morgan fingerprint density at radius 2 is 1.70 bits per heavy atom. The molecular formula is C20H26N2O5. The monoisotopic (exact) mass is 374 g/mol. The molecule has 0 radical (unpaired) electrons. The lowest BCUT2D eigenvalue weighted by Gasteiger charge is -2.11. The highest BCUT2D eigenvalue weighted by Crippen LogP contribution is 2.27. The molecule has 0 saturated carbocycles. The Morgan fingerprint density at radius 3 is 2.33 bits per heavy atom. The van der Waals surface area contributed by atoms with Gasteiger partial charge in [0.1, 0.15) is 12.4 Å². The van der Waals surface area contributed by atoms with Crippen LogP contribution < -0.4 is 19.7 Å². The maximum atomic E-state index is 12.1. The van der Waals surface area contributed by atoms with E-state index in [0.717, 1.165) is 17.9 Å².